The number of benzene rings is 2. The fourth-order valence-corrected chi connectivity index (χ4v) is 4.50. The van der Waals surface area contributed by atoms with Crippen molar-refractivity contribution in [2.45, 2.75) is 26.5 Å². The molecule has 160 valence electrons. The van der Waals surface area contributed by atoms with Crippen molar-refractivity contribution in [2.24, 2.45) is 0 Å². The molecule has 0 saturated carbocycles. The zero-order chi connectivity index (χ0) is 22.1. The summed E-state index contributed by atoms with van der Waals surface area (Å²) in [7, 11) is 0. The van der Waals surface area contributed by atoms with Crippen LogP contribution in [0.3, 0.4) is 0 Å². The molecule has 7 nitrogen and oxygen atoms in total. The molecule has 0 aliphatic carbocycles. The van der Waals surface area contributed by atoms with Crippen molar-refractivity contribution in [3.05, 3.63) is 69.3 Å². The third kappa shape index (κ3) is 3.72. The summed E-state index contributed by atoms with van der Waals surface area (Å²) >= 11 is 1.07. The molecule has 2 heterocycles. The normalized spacial score (nSPS) is 12.2. The van der Waals surface area contributed by atoms with Gasteiger partial charge in [-0.3, -0.25) is 4.57 Å². The Labute approximate surface area is 179 Å². The molecule has 2 aromatic heterocycles. The van der Waals surface area contributed by atoms with Gasteiger partial charge in [-0.1, -0.05) is 18.2 Å². The summed E-state index contributed by atoms with van der Waals surface area (Å²) in [5.41, 5.74) is 1.04. The lowest BCUT2D eigenvalue weighted by molar-refractivity contribution is -0.148. The van der Waals surface area contributed by atoms with Crippen LogP contribution in [0.2, 0.25) is 0 Å². The number of halogens is 1. The Balaban J connectivity index is 1.65. The molecule has 0 radical (unpaired) electrons. The van der Waals surface area contributed by atoms with Gasteiger partial charge in [-0.05, 0) is 38.1 Å². The van der Waals surface area contributed by atoms with Crippen molar-refractivity contribution >= 4 is 44.5 Å². The molecule has 1 unspecified atom stereocenters. The van der Waals surface area contributed by atoms with Gasteiger partial charge in [-0.2, -0.15) is 0 Å². The van der Waals surface area contributed by atoms with Crippen molar-refractivity contribution < 1.29 is 27.9 Å². The highest BCUT2D eigenvalue weighted by molar-refractivity contribution is 7.21. The van der Waals surface area contributed by atoms with E-state index in [0.29, 0.717) is 15.8 Å². The van der Waals surface area contributed by atoms with Gasteiger partial charge in [-0.25, -0.2) is 18.8 Å². The van der Waals surface area contributed by atoms with Gasteiger partial charge in [0.1, 0.15) is 23.3 Å². The van der Waals surface area contributed by atoms with Crippen LogP contribution in [0.5, 0.6) is 0 Å². The topological polar surface area (TPSA) is 87.7 Å². The Kier molecular flexibility index (Phi) is 5.60. The van der Waals surface area contributed by atoms with Crippen LogP contribution in [-0.4, -0.2) is 23.1 Å². The Morgan fingerprint density at radius 3 is 2.71 bits per heavy atom. The molecule has 0 aliphatic heterocycles. The maximum Gasteiger partial charge on any atom is 0.420 e. The number of aromatic nitrogens is 1. The first-order valence-corrected chi connectivity index (χ1v) is 10.4. The maximum atomic E-state index is 14.5. The van der Waals surface area contributed by atoms with Crippen molar-refractivity contribution in [2.75, 3.05) is 6.61 Å². The number of esters is 2. The molecule has 0 N–H and O–H groups in total. The summed E-state index contributed by atoms with van der Waals surface area (Å²) in [4.78, 5) is 37.5. The minimum absolute atomic E-state index is 0.155. The van der Waals surface area contributed by atoms with Gasteiger partial charge < -0.3 is 13.9 Å². The van der Waals surface area contributed by atoms with E-state index in [0.717, 1.165) is 11.3 Å². The molecular weight excluding hydrogens is 425 g/mol. The Morgan fingerprint density at radius 1 is 1.16 bits per heavy atom. The molecule has 0 saturated heterocycles. The average Bonchev–Trinajstić information content (AvgIpc) is 3.29. The second kappa shape index (κ2) is 8.35. The number of oxazole rings is 1. The van der Waals surface area contributed by atoms with E-state index in [1.54, 1.807) is 37.3 Å². The Hall–Kier alpha value is -3.46. The number of para-hydroxylation sites is 2. The zero-order valence-corrected chi connectivity index (χ0v) is 17.5. The van der Waals surface area contributed by atoms with E-state index in [2.05, 4.69) is 0 Å². The van der Waals surface area contributed by atoms with Gasteiger partial charge in [0.05, 0.1) is 12.1 Å². The van der Waals surface area contributed by atoms with E-state index in [4.69, 9.17) is 13.9 Å². The minimum atomic E-state index is -0.989. The van der Waals surface area contributed by atoms with Gasteiger partial charge in [0.25, 0.3) is 0 Å². The zero-order valence-electron chi connectivity index (χ0n) is 16.7. The van der Waals surface area contributed by atoms with Crippen molar-refractivity contribution in [1.29, 1.82) is 0 Å². The largest absolute Gasteiger partial charge is 0.462 e. The number of hydrogen-bond donors (Lipinski definition) is 0. The van der Waals surface area contributed by atoms with Gasteiger partial charge in [0.2, 0.25) is 0 Å². The molecule has 1 atom stereocenters. The van der Waals surface area contributed by atoms with E-state index in [-0.39, 0.29) is 29.0 Å². The van der Waals surface area contributed by atoms with E-state index in [1.165, 1.54) is 23.6 Å². The summed E-state index contributed by atoms with van der Waals surface area (Å²) in [5, 5.41) is 0.210. The number of fused-ring (bicyclic) bond motifs is 2. The van der Waals surface area contributed by atoms with E-state index in [9.17, 15) is 18.8 Å². The van der Waals surface area contributed by atoms with Gasteiger partial charge in [0.15, 0.2) is 5.58 Å². The minimum Gasteiger partial charge on any atom is -0.462 e. The Bertz CT molecular complexity index is 1350. The van der Waals surface area contributed by atoms with Crippen LogP contribution in [0, 0.1) is 5.82 Å². The predicted octanol–water partition coefficient (Wildman–Crippen LogP) is 4.43. The quantitative estimate of drug-likeness (QED) is 0.410. The molecule has 31 heavy (non-hydrogen) atoms. The number of carbonyl (C=O) groups excluding carboxylic acids is 2. The van der Waals surface area contributed by atoms with E-state index in [1.807, 2.05) is 0 Å². The first-order valence-electron chi connectivity index (χ1n) is 9.56. The van der Waals surface area contributed by atoms with Crippen molar-refractivity contribution in [3.63, 3.8) is 0 Å². The third-order valence-corrected chi connectivity index (χ3v) is 6.01. The standard InChI is InChI=1S/C22H18FNO6S/c1-3-28-21(26)19-13(18-14(23)7-6-10-17(18)31-19)11-29-20(25)12(2)24-15-8-4-5-9-16(15)30-22(24)27/h4-10,12H,3,11H2,1-2H3. The molecule has 0 spiro atoms. The summed E-state index contributed by atoms with van der Waals surface area (Å²) in [6.07, 6.45) is 0. The summed E-state index contributed by atoms with van der Waals surface area (Å²) in [6.45, 7) is 2.98. The number of thiophene rings is 1. The summed E-state index contributed by atoms with van der Waals surface area (Å²) in [5.74, 6) is -2.55. The number of rotatable bonds is 6. The first kappa shape index (κ1) is 20.8. The fourth-order valence-electron chi connectivity index (χ4n) is 3.39. The highest BCUT2D eigenvalue weighted by Gasteiger charge is 2.26. The van der Waals surface area contributed by atoms with Crippen LogP contribution in [0.4, 0.5) is 4.39 Å². The van der Waals surface area contributed by atoms with Gasteiger partial charge in [0, 0.05) is 15.6 Å². The summed E-state index contributed by atoms with van der Waals surface area (Å²) < 4.78 is 31.9. The van der Waals surface area contributed by atoms with Crippen molar-refractivity contribution in [1.82, 2.24) is 4.57 Å². The van der Waals surface area contributed by atoms with E-state index >= 15 is 0 Å². The highest BCUT2D eigenvalue weighted by atomic mass is 32.1. The average molecular weight is 443 g/mol. The monoisotopic (exact) mass is 443 g/mol. The lowest BCUT2D eigenvalue weighted by atomic mass is 10.1. The third-order valence-electron chi connectivity index (χ3n) is 4.83. The molecule has 9 heteroatoms. The molecule has 4 rings (SSSR count). The first-order chi connectivity index (χ1) is 14.9. The van der Waals surface area contributed by atoms with E-state index < -0.39 is 29.6 Å². The second-order valence-corrected chi connectivity index (χ2v) is 7.78. The molecule has 0 bridgehead atoms. The number of ether oxygens (including phenoxy) is 2. The highest BCUT2D eigenvalue weighted by Crippen LogP contribution is 2.34. The number of hydrogen-bond acceptors (Lipinski definition) is 7. The van der Waals surface area contributed by atoms with Crippen molar-refractivity contribution in [3.8, 4) is 0 Å². The molecule has 0 fully saturated rings. The second-order valence-electron chi connectivity index (χ2n) is 6.73. The molecule has 2 aromatic carbocycles. The van der Waals surface area contributed by atoms with Gasteiger partial charge in [-0.15, -0.1) is 11.3 Å². The van der Waals surface area contributed by atoms with Gasteiger partial charge >= 0.3 is 17.7 Å². The SMILES string of the molecule is CCOC(=O)c1sc2cccc(F)c2c1COC(=O)C(C)n1c(=O)oc2ccccc21. The maximum absolute atomic E-state index is 14.5. The van der Waals surface area contributed by atoms with Crippen LogP contribution in [0.1, 0.15) is 35.1 Å². The lowest BCUT2D eigenvalue weighted by Crippen LogP contribution is -2.26. The number of carbonyl (C=O) groups is 2. The fraction of sp³-hybridized carbons (Fsp3) is 0.227. The molecular formula is C22H18FNO6S. The number of nitrogens with zero attached hydrogens (tertiary/aromatic N) is 1. The van der Waals surface area contributed by atoms with Crippen LogP contribution in [0.15, 0.2) is 51.7 Å². The van der Waals surface area contributed by atoms with Crippen LogP contribution in [-0.2, 0) is 20.9 Å². The van der Waals surface area contributed by atoms with Crippen LogP contribution < -0.4 is 5.76 Å². The van der Waals surface area contributed by atoms with Crippen LogP contribution in [0.25, 0.3) is 21.2 Å². The Morgan fingerprint density at radius 2 is 1.94 bits per heavy atom. The van der Waals surface area contributed by atoms with Crippen LogP contribution >= 0.6 is 11.3 Å². The molecule has 4 aromatic rings. The summed E-state index contributed by atoms with van der Waals surface area (Å²) in [6, 6.07) is 10.2. The molecule has 0 amide bonds. The molecule has 0 aliphatic rings. The predicted molar refractivity (Wildman–Crippen MR) is 113 cm³/mol. The lowest BCUT2D eigenvalue weighted by Gasteiger charge is -2.13. The smallest absolute Gasteiger partial charge is 0.420 e.